The minimum absolute atomic E-state index is 0.0671. The van der Waals surface area contributed by atoms with E-state index in [4.69, 9.17) is 5.84 Å². The first kappa shape index (κ1) is 15.2. The van der Waals surface area contributed by atoms with Crippen molar-refractivity contribution in [3.8, 4) is 0 Å². The van der Waals surface area contributed by atoms with Gasteiger partial charge in [-0.2, -0.15) is 9.29 Å². The quantitative estimate of drug-likeness (QED) is 0.569. The minimum atomic E-state index is -3.66. The SMILES string of the molecule is CN(C)CCN(C)S(=O)(=O)c1c(NN)nc2sccn12. The Morgan fingerprint density at radius 3 is 2.70 bits per heavy atom. The summed E-state index contributed by atoms with van der Waals surface area (Å²) in [4.78, 5) is 6.67. The van der Waals surface area contributed by atoms with E-state index < -0.39 is 10.0 Å². The van der Waals surface area contributed by atoms with Gasteiger partial charge in [-0.15, -0.1) is 11.3 Å². The number of likely N-dealkylation sites (N-methyl/N-ethyl adjacent to an activating group) is 2. The molecule has 0 atom stereocenters. The number of rotatable bonds is 6. The van der Waals surface area contributed by atoms with Crippen LogP contribution in [0.4, 0.5) is 5.82 Å². The summed E-state index contributed by atoms with van der Waals surface area (Å²) in [5.74, 6) is 5.54. The fourth-order valence-corrected chi connectivity index (χ4v) is 3.85. The van der Waals surface area contributed by atoms with Gasteiger partial charge < -0.3 is 10.3 Å². The molecule has 2 heterocycles. The lowest BCUT2D eigenvalue weighted by Crippen LogP contribution is -2.34. The number of imidazole rings is 1. The molecule has 8 nitrogen and oxygen atoms in total. The first-order chi connectivity index (χ1) is 9.37. The summed E-state index contributed by atoms with van der Waals surface area (Å²) in [6, 6.07) is 0. The van der Waals surface area contributed by atoms with Gasteiger partial charge in [0.05, 0.1) is 0 Å². The van der Waals surface area contributed by atoms with Crippen molar-refractivity contribution in [2.45, 2.75) is 5.03 Å². The molecular formula is C10H18N6O2S2. The largest absolute Gasteiger partial charge is 0.308 e. The number of anilines is 1. The summed E-state index contributed by atoms with van der Waals surface area (Å²) < 4.78 is 28.1. The first-order valence-corrected chi connectivity index (χ1v) is 8.23. The van der Waals surface area contributed by atoms with E-state index in [-0.39, 0.29) is 10.8 Å². The molecule has 0 amide bonds. The number of thiazole rings is 1. The molecule has 0 radical (unpaired) electrons. The van der Waals surface area contributed by atoms with E-state index in [9.17, 15) is 8.42 Å². The van der Waals surface area contributed by atoms with E-state index in [2.05, 4.69) is 10.4 Å². The molecule has 0 aliphatic rings. The van der Waals surface area contributed by atoms with Crippen molar-refractivity contribution in [1.29, 1.82) is 0 Å². The van der Waals surface area contributed by atoms with Gasteiger partial charge in [0.25, 0.3) is 10.0 Å². The van der Waals surface area contributed by atoms with Crippen LogP contribution in [0.25, 0.3) is 4.96 Å². The molecule has 0 unspecified atom stereocenters. The molecule has 2 rings (SSSR count). The van der Waals surface area contributed by atoms with Crippen LogP contribution in [0.1, 0.15) is 0 Å². The Kier molecular flexibility index (Phi) is 4.30. The second-order valence-corrected chi connectivity index (χ2v) is 7.43. The topological polar surface area (TPSA) is 96.0 Å². The third-order valence-corrected chi connectivity index (χ3v) is 5.51. The van der Waals surface area contributed by atoms with Crippen molar-refractivity contribution in [2.75, 3.05) is 39.7 Å². The first-order valence-electron chi connectivity index (χ1n) is 5.91. The summed E-state index contributed by atoms with van der Waals surface area (Å²) in [5, 5.41) is 1.85. The number of nitrogens with one attached hydrogen (secondary N) is 1. The zero-order valence-electron chi connectivity index (χ0n) is 11.6. The third kappa shape index (κ3) is 2.65. The van der Waals surface area contributed by atoms with Crippen molar-refractivity contribution in [2.24, 2.45) is 5.84 Å². The van der Waals surface area contributed by atoms with Gasteiger partial charge >= 0.3 is 0 Å². The Morgan fingerprint density at radius 2 is 2.10 bits per heavy atom. The maximum absolute atomic E-state index is 12.7. The predicted octanol–water partition coefficient (Wildman–Crippen LogP) is -0.136. The number of nitrogen functional groups attached to an aromatic ring is 1. The minimum Gasteiger partial charge on any atom is -0.308 e. The number of nitrogens with zero attached hydrogens (tertiary/aromatic N) is 4. The van der Waals surface area contributed by atoms with E-state index in [1.165, 1.54) is 20.0 Å². The van der Waals surface area contributed by atoms with E-state index in [1.54, 1.807) is 18.6 Å². The second kappa shape index (κ2) is 5.66. The molecule has 2 aromatic heterocycles. The average Bonchev–Trinajstić information content (AvgIpc) is 2.94. The van der Waals surface area contributed by atoms with Crippen molar-refractivity contribution in [3.05, 3.63) is 11.6 Å². The summed E-state index contributed by atoms with van der Waals surface area (Å²) >= 11 is 1.35. The Labute approximate surface area is 121 Å². The average molecular weight is 318 g/mol. The number of sulfonamides is 1. The summed E-state index contributed by atoms with van der Waals surface area (Å²) in [5.41, 5.74) is 2.36. The highest BCUT2D eigenvalue weighted by Crippen LogP contribution is 2.26. The van der Waals surface area contributed by atoms with Crippen LogP contribution >= 0.6 is 11.3 Å². The van der Waals surface area contributed by atoms with Gasteiger partial charge in [-0.25, -0.2) is 14.3 Å². The zero-order valence-corrected chi connectivity index (χ0v) is 13.2. The molecule has 0 aromatic carbocycles. The van der Waals surface area contributed by atoms with Crippen molar-refractivity contribution < 1.29 is 8.42 Å². The normalized spacial score (nSPS) is 12.7. The van der Waals surface area contributed by atoms with E-state index in [1.807, 2.05) is 19.0 Å². The van der Waals surface area contributed by atoms with E-state index in [0.717, 1.165) is 0 Å². The molecule has 0 spiro atoms. The molecule has 3 N–H and O–H groups in total. The number of hydrazine groups is 1. The second-order valence-electron chi connectivity index (χ2n) is 4.60. The molecular weight excluding hydrogens is 300 g/mol. The van der Waals surface area contributed by atoms with Gasteiger partial charge in [0.15, 0.2) is 10.8 Å². The van der Waals surface area contributed by atoms with Crippen molar-refractivity contribution >= 4 is 32.1 Å². The van der Waals surface area contributed by atoms with Crippen LogP contribution in [0.2, 0.25) is 0 Å². The molecule has 0 aliphatic heterocycles. The number of nitrogens with two attached hydrogens (primary N) is 1. The molecule has 10 heteroatoms. The van der Waals surface area contributed by atoms with Gasteiger partial charge in [-0.3, -0.25) is 4.40 Å². The Morgan fingerprint density at radius 1 is 1.40 bits per heavy atom. The van der Waals surface area contributed by atoms with Crippen LogP contribution in [0.3, 0.4) is 0 Å². The van der Waals surface area contributed by atoms with Crippen molar-refractivity contribution in [3.63, 3.8) is 0 Å². The Bertz CT molecular complexity index is 690. The van der Waals surface area contributed by atoms with Gasteiger partial charge in [0.1, 0.15) is 0 Å². The standard InChI is InChI=1S/C10H18N6O2S2/c1-14(2)4-5-15(3)20(17,18)9-8(13-11)12-10-16(9)6-7-19-10/h6-7,13H,4-5,11H2,1-3H3. The molecule has 0 bridgehead atoms. The van der Waals surface area contributed by atoms with Crippen LogP contribution in [-0.4, -0.2) is 61.2 Å². The number of hydrogen-bond donors (Lipinski definition) is 2. The third-order valence-electron chi connectivity index (χ3n) is 2.87. The lowest BCUT2D eigenvalue weighted by atomic mass is 10.6. The Hall–Kier alpha value is -1.20. The predicted molar refractivity (Wildman–Crippen MR) is 79.2 cm³/mol. The number of aromatic nitrogens is 2. The highest BCUT2D eigenvalue weighted by atomic mass is 32.2. The van der Waals surface area contributed by atoms with E-state index >= 15 is 0 Å². The van der Waals surface area contributed by atoms with E-state index in [0.29, 0.717) is 18.1 Å². The highest BCUT2D eigenvalue weighted by molar-refractivity contribution is 7.89. The zero-order chi connectivity index (χ0) is 14.9. The monoisotopic (exact) mass is 318 g/mol. The molecule has 112 valence electrons. The smallest absolute Gasteiger partial charge is 0.262 e. The van der Waals surface area contributed by atoms with Gasteiger partial charge in [0, 0.05) is 31.7 Å². The lowest BCUT2D eigenvalue weighted by Gasteiger charge is -2.19. The molecule has 0 aliphatic carbocycles. The van der Waals surface area contributed by atoms with Gasteiger partial charge in [-0.1, -0.05) is 0 Å². The lowest BCUT2D eigenvalue weighted by molar-refractivity contribution is 0.358. The van der Waals surface area contributed by atoms with Crippen LogP contribution in [0.15, 0.2) is 16.6 Å². The Balaban J connectivity index is 2.42. The fourth-order valence-electron chi connectivity index (χ4n) is 1.71. The maximum atomic E-state index is 12.7. The van der Waals surface area contributed by atoms with Crippen LogP contribution in [0, 0.1) is 0 Å². The maximum Gasteiger partial charge on any atom is 0.262 e. The van der Waals surface area contributed by atoms with Crippen LogP contribution < -0.4 is 11.3 Å². The molecule has 20 heavy (non-hydrogen) atoms. The van der Waals surface area contributed by atoms with Gasteiger partial charge in [-0.05, 0) is 14.1 Å². The van der Waals surface area contributed by atoms with Crippen molar-refractivity contribution in [1.82, 2.24) is 18.6 Å². The molecule has 0 fully saturated rings. The van der Waals surface area contributed by atoms with Crippen LogP contribution in [0.5, 0.6) is 0 Å². The summed E-state index contributed by atoms with van der Waals surface area (Å²) in [6.07, 6.45) is 1.67. The molecule has 0 saturated carbocycles. The molecule has 2 aromatic rings. The summed E-state index contributed by atoms with van der Waals surface area (Å²) in [7, 11) is 1.67. The highest BCUT2D eigenvalue weighted by Gasteiger charge is 2.29. The fraction of sp³-hybridized carbons (Fsp3) is 0.500. The number of fused-ring (bicyclic) bond motifs is 1. The summed E-state index contributed by atoms with van der Waals surface area (Å²) in [6.45, 7) is 1.02. The number of hydrogen-bond acceptors (Lipinski definition) is 7. The molecule has 0 saturated heterocycles. The van der Waals surface area contributed by atoms with Gasteiger partial charge in [0.2, 0.25) is 5.03 Å². The van der Waals surface area contributed by atoms with Crippen LogP contribution in [-0.2, 0) is 10.0 Å².